The Bertz CT molecular complexity index is 1080. The number of nitrogens with zero attached hydrogens (tertiary/aromatic N) is 2. The van der Waals surface area contributed by atoms with E-state index in [9.17, 15) is 19.5 Å². The number of rotatable bonds is 8. The predicted octanol–water partition coefficient (Wildman–Crippen LogP) is 2.28. The first-order valence-corrected chi connectivity index (χ1v) is 9.61. The third-order valence-electron chi connectivity index (χ3n) is 4.73. The van der Waals surface area contributed by atoms with Gasteiger partial charge in [0.25, 0.3) is 5.56 Å². The lowest BCUT2D eigenvalue weighted by Gasteiger charge is -2.14. The molecule has 1 aromatic heterocycles. The molecule has 0 aliphatic carbocycles. The third kappa shape index (κ3) is 5.64. The number of aliphatic carboxylic acids is 1. The SMILES string of the molecule is Cc1ccc(C[C@@H](CNC(=O)Cn2nc(-c3ccccc3)ccc2=O)C(=O)O)cc1. The van der Waals surface area contributed by atoms with E-state index < -0.39 is 23.4 Å². The molecule has 1 heterocycles. The van der Waals surface area contributed by atoms with E-state index >= 15 is 0 Å². The van der Waals surface area contributed by atoms with E-state index in [-0.39, 0.29) is 13.1 Å². The Kier molecular flexibility index (Phi) is 6.75. The van der Waals surface area contributed by atoms with Gasteiger partial charge in [0.15, 0.2) is 0 Å². The summed E-state index contributed by atoms with van der Waals surface area (Å²) in [6.45, 7) is 1.65. The molecular weight excluding hydrogens is 382 g/mol. The molecule has 1 amide bonds. The fraction of sp³-hybridized carbons (Fsp3) is 0.217. The Morgan fingerprint density at radius 1 is 1.03 bits per heavy atom. The Morgan fingerprint density at radius 3 is 2.40 bits per heavy atom. The van der Waals surface area contributed by atoms with Crippen LogP contribution in [0.15, 0.2) is 71.5 Å². The molecule has 1 atom stereocenters. The Morgan fingerprint density at radius 2 is 1.73 bits per heavy atom. The maximum Gasteiger partial charge on any atom is 0.308 e. The first-order chi connectivity index (χ1) is 14.4. The number of carboxylic acid groups (broad SMARTS) is 1. The second-order valence-corrected chi connectivity index (χ2v) is 7.11. The van der Waals surface area contributed by atoms with Gasteiger partial charge in [-0.1, -0.05) is 60.2 Å². The van der Waals surface area contributed by atoms with Gasteiger partial charge in [-0.3, -0.25) is 14.4 Å². The van der Waals surface area contributed by atoms with Gasteiger partial charge in [0, 0.05) is 18.2 Å². The summed E-state index contributed by atoms with van der Waals surface area (Å²) in [6.07, 6.45) is 0.303. The van der Waals surface area contributed by atoms with E-state index in [1.807, 2.05) is 61.5 Å². The summed E-state index contributed by atoms with van der Waals surface area (Å²) in [5, 5.41) is 16.3. The van der Waals surface area contributed by atoms with Gasteiger partial charge in [-0.2, -0.15) is 5.10 Å². The summed E-state index contributed by atoms with van der Waals surface area (Å²) in [5.41, 5.74) is 2.98. The molecule has 0 unspecified atom stereocenters. The monoisotopic (exact) mass is 405 g/mol. The van der Waals surface area contributed by atoms with Crippen LogP contribution in [0.3, 0.4) is 0 Å². The van der Waals surface area contributed by atoms with Crippen molar-refractivity contribution in [2.24, 2.45) is 5.92 Å². The molecule has 0 spiro atoms. The van der Waals surface area contributed by atoms with Gasteiger partial charge >= 0.3 is 5.97 Å². The number of carbonyl (C=O) groups is 2. The summed E-state index contributed by atoms with van der Waals surface area (Å²) in [7, 11) is 0. The first-order valence-electron chi connectivity index (χ1n) is 9.61. The van der Waals surface area contributed by atoms with E-state index in [0.29, 0.717) is 12.1 Å². The maximum atomic E-state index is 12.3. The van der Waals surface area contributed by atoms with Crippen LogP contribution < -0.4 is 10.9 Å². The summed E-state index contributed by atoms with van der Waals surface area (Å²) in [6, 6.07) is 19.9. The largest absolute Gasteiger partial charge is 0.481 e. The van der Waals surface area contributed by atoms with Gasteiger partial charge in [-0.05, 0) is 25.0 Å². The number of aryl methyl sites for hydroxylation is 1. The number of aromatic nitrogens is 2. The molecule has 0 aliphatic heterocycles. The predicted molar refractivity (Wildman–Crippen MR) is 113 cm³/mol. The zero-order chi connectivity index (χ0) is 21.5. The molecule has 7 nitrogen and oxygen atoms in total. The normalized spacial score (nSPS) is 11.6. The zero-order valence-corrected chi connectivity index (χ0v) is 16.6. The molecule has 0 bridgehead atoms. The van der Waals surface area contributed by atoms with Gasteiger partial charge in [0.2, 0.25) is 5.91 Å². The number of benzene rings is 2. The van der Waals surface area contributed by atoms with E-state index in [1.54, 1.807) is 6.07 Å². The fourth-order valence-electron chi connectivity index (χ4n) is 3.01. The smallest absolute Gasteiger partial charge is 0.308 e. The molecule has 154 valence electrons. The molecule has 0 saturated carbocycles. The molecule has 7 heteroatoms. The molecule has 0 aliphatic rings. The Balaban J connectivity index is 1.63. The summed E-state index contributed by atoms with van der Waals surface area (Å²) >= 11 is 0. The average Bonchev–Trinajstić information content (AvgIpc) is 2.74. The van der Waals surface area contributed by atoms with Crippen molar-refractivity contribution in [2.75, 3.05) is 6.54 Å². The summed E-state index contributed by atoms with van der Waals surface area (Å²) < 4.78 is 1.08. The fourth-order valence-corrected chi connectivity index (χ4v) is 3.01. The zero-order valence-electron chi connectivity index (χ0n) is 16.6. The Hall–Kier alpha value is -3.74. The second-order valence-electron chi connectivity index (χ2n) is 7.11. The maximum absolute atomic E-state index is 12.3. The topological polar surface area (TPSA) is 101 Å². The number of nitrogens with one attached hydrogen (secondary N) is 1. The van der Waals surface area contributed by atoms with E-state index in [2.05, 4.69) is 10.4 Å². The summed E-state index contributed by atoms with van der Waals surface area (Å²) in [4.78, 5) is 36.0. The van der Waals surface area contributed by atoms with Gasteiger partial charge < -0.3 is 10.4 Å². The molecule has 3 rings (SSSR count). The van der Waals surface area contributed by atoms with Gasteiger partial charge in [0.1, 0.15) is 6.54 Å². The van der Waals surface area contributed by atoms with Crippen LogP contribution in [0.4, 0.5) is 0 Å². The minimum Gasteiger partial charge on any atom is -0.481 e. The van der Waals surface area contributed by atoms with Crippen molar-refractivity contribution in [1.82, 2.24) is 15.1 Å². The van der Waals surface area contributed by atoms with E-state index in [1.165, 1.54) is 6.07 Å². The van der Waals surface area contributed by atoms with Crippen molar-refractivity contribution in [3.05, 3.63) is 88.2 Å². The minimum absolute atomic E-state index is 0.0326. The van der Waals surface area contributed by atoms with Crippen molar-refractivity contribution < 1.29 is 14.7 Å². The van der Waals surface area contributed by atoms with Gasteiger partial charge in [-0.25, -0.2) is 4.68 Å². The number of carboxylic acids is 1. The van der Waals surface area contributed by atoms with Crippen LogP contribution in [-0.4, -0.2) is 33.3 Å². The van der Waals surface area contributed by atoms with Crippen molar-refractivity contribution >= 4 is 11.9 Å². The van der Waals surface area contributed by atoms with Crippen LogP contribution >= 0.6 is 0 Å². The van der Waals surface area contributed by atoms with Crippen molar-refractivity contribution in [3.8, 4) is 11.3 Å². The standard InChI is InChI=1S/C23H23N3O4/c1-16-7-9-17(10-8-16)13-19(23(29)30)14-24-21(27)15-26-22(28)12-11-20(25-26)18-5-3-2-4-6-18/h2-12,19H,13-15H2,1H3,(H,24,27)(H,29,30)/t19-/m0/s1. The third-order valence-corrected chi connectivity index (χ3v) is 4.73. The van der Waals surface area contributed by atoms with Crippen LogP contribution in [0.2, 0.25) is 0 Å². The average molecular weight is 405 g/mol. The van der Waals surface area contributed by atoms with Crippen LogP contribution in [0, 0.1) is 12.8 Å². The highest BCUT2D eigenvalue weighted by Crippen LogP contribution is 2.14. The van der Waals surface area contributed by atoms with Crippen LogP contribution in [0.1, 0.15) is 11.1 Å². The van der Waals surface area contributed by atoms with Crippen molar-refractivity contribution in [2.45, 2.75) is 19.9 Å². The lowest BCUT2D eigenvalue weighted by Crippen LogP contribution is -2.38. The van der Waals surface area contributed by atoms with E-state index in [0.717, 1.165) is 21.4 Å². The van der Waals surface area contributed by atoms with Gasteiger partial charge in [0.05, 0.1) is 11.6 Å². The molecular formula is C23H23N3O4. The lowest BCUT2D eigenvalue weighted by molar-refractivity contribution is -0.141. The van der Waals surface area contributed by atoms with Crippen LogP contribution in [-0.2, 0) is 22.6 Å². The van der Waals surface area contributed by atoms with Crippen molar-refractivity contribution in [3.63, 3.8) is 0 Å². The highest BCUT2D eigenvalue weighted by atomic mass is 16.4. The molecule has 0 fully saturated rings. The molecule has 2 aromatic carbocycles. The second kappa shape index (κ2) is 9.65. The molecule has 3 aromatic rings. The number of amides is 1. The van der Waals surface area contributed by atoms with Crippen LogP contribution in [0.5, 0.6) is 0 Å². The Labute approximate surface area is 174 Å². The van der Waals surface area contributed by atoms with Crippen LogP contribution in [0.25, 0.3) is 11.3 Å². The van der Waals surface area contributed by atoms with E-state index in [4.69, 9.17) is 0 Å². The highest BCUT2D eigenvalue weighted by Gasteiger charge is 2.19. The van der Waals surface area contributed by atoms with Crippen molar-refractivity contribution in [1.29, 1.82) is 0 Å². The first kappa shape index (κ1) is 21.0. The number of hydrogen-bond donors (Lipinski definition) is 2. The minimum atomic E-state index is -0.989. The number of carbonyl (C=O) groups excluding carboxylic acids is 1. The molecule has 0 saturated heterocycles. The molecule has 2 N–H and O–H groups in total. The summed E-state index contributed by atoms with van der Waals surface area (Å²) in [5.74, 6) is -2.22. The quantitative estimate of drug-likeness (QED) is 0.599. The van der Waals surface area contributed by atoms with Gasteiger partial charge in [-0.15, -0.1) is 0 Å². The highest BCUT2D eigenvalue weighted by molar-refractivity contribution is 5.77. The molecule has 30 heavy (non-hydrogen) atoms. The lowest BCUT2D eigenvalue weighted by atomic mass is 9.98. The molecule has 0 radical (unpaired) electrons. The number of hydrogen-bond acceptors (Lipinski definition) is 4.